The van der Waals surface area contributed by atoms with Gasteiger partial charge in [-0.15, -0.1) is 0 Å². The molecule has 0 saturated carbocycles. The van der Waals surface area contributed by atoms with Crippen molar-refractivity contribution in [2.45, 2.75) is 25.8 Å². The number of benzene rings is 1. The van der Waals surface area contributed by atoms with Crippen LogP contribution in [0.15, 0.2) is 24.3 Å². The van der Waals surface area contributed by atoms with Crippen LogP contribution in [0.3, 0.4) is 0 Å². The fourth-order valence-electron chi connectivity index (χ4n) is 1.95. The summed E-state index contributed by atoms with van der Waals surface area (Å²) in [6, 6.07) is 8.56. The van der Waals surface area contributed by atoms with Crippen LogP contribution in [-0.2, 0) is 11.2 Å². The van der Waals surface area contributed by atoms with Crippen LogP contribution in [0.5, 0.6) is 0 Å². The quantitative estimate of drug-likeness (QED) is 0.693. The molecule has 0 heterocycles. The lowest BCUT2D eigenvalue weighted by Crippen LogP contribution is -2.23. The van der Waals surface area contributed by atoms with Gasteiger partial charge in [0.2, 0.25) is 5.91 Å². The van der Waals surface area contributed by atoms with E-state index in [-0.39, 0.29) is 11.9 Å². The number of hydrogen-bond acceptors (Lipinski definition) is 1. The van der Waals surface area contributed by atoms with E-state index in [2.05, 4.69) is 23.5 Å². The number of rotatable bonds is 1. The van der Waals surface area contributed by atoms with Crippen LogP contribution in [-0.4, -0.2) is 5.91 Å². The van der Waals surface area contributed by atoms with Crippen molar-refractivity contribution in [3.8, 4) is 0 Å². The average molecular weight is 175 g/mol. The van der Waals surface area contributed by atoms with E-state index in [9.17, 15) is 4.79 Å². The average Bonchev–Trinajstić information content (AvgIpc) is 2.48. The van der Waals surface area contributed by atoms with Crippen molar-refractivity contribution in [3.63, 3.8) is 0 Å². The van der Waals surface area contributed by atoms with Crippen LogP contribution in [0.2, 0.25) is 0 Å². The largest absolute Gasteiger partial charge is 0.350 e. The standard InChI is InChI=1S/C11H13NO/c1-8(13)12-11-7-6-9-4-2-3-5-10(9)11/h2-5,11H,6-7H2,1H3,(H,12,13)/t11-/m1/s1. The van der Waals surface area contributed by atoms with Crippen molar-refractivity contribution >= 4 is 5.91 Å². The van der Waals surface area contributed by atoms with E-state index < -0.39 is 0 Å². The molecule has 1 amide bonds. The molecular weight excluding hydrogens is 162 g/mol. The first-order valence-electron chi connectivity index (χ1n) is 4.62. The minimum absolute atomic E-state index is 0.0571. The van der Waals surface area contributed by atoms with Gasteiger partial charge < -0.3 is 5.32 Å². The smallest absolute Gasteiger partial charge is 0.217 e. The van der Waals surface area contributed by atoms with Crippen LogP contribution in [0.25, 0.3) is 0 Å². The van der Waals surface area contributed by atoms with Gasteiger partial charge in [0.1, 0.15) is 0 Å². The molecule has 1 aliphatic rings. The molecule has 68 valence electrons. The van der Waals surface area contributed by atoms with E-state index in [0.717, 1.165) is 12.8 Å². The lowest BCUT2D eigenvalue weighted by molar-refractivity contribution is -0.119. The molecule has 1 atom stereocenters. The van der Waals surface area contributed by atoms with Crippen LogP contribution in [0, 0.1) is 0 Å². The highest BCUT2D eigenvalue weighted by Crippen LogP contribution is 2.30. The van der Waals surface area contributed by atoms with Crippen molar-refractivity contribution in [1.29, 1.82) is 0 Å². The lowest BCUT2D eigenvalue weighted by Gasteiger charge is -2.11. The van der Waals surface area contributed by atoms with Gasteiger partial charge in [-0.25, -0.2) is 0 Å². The van der Waals surface area contributed by atoms with Crippen molar-refractivity contribution in [1.82, 2.24) is 5.32 Å². The molecule has 1 aliphatic carbocycles. The van der Waals surface area contributed by atoms with E-state index in [0.29, 0.717) is 0 Å². The Bertz CT molecular complexity index is 333. The zero-order chi connectivity index (χ0) is 9.26. The first kappa shape index (κ1) is 8.30. The van der Waals surface area contributed by atoms with E-state index in [4.69, 9.17) is 0 Å². The van der Waals surface area contributed by atoms with Crippen LogP contribution in [0.1, 0.15) is 30.5 Å². The van der Waals surface area contributed by atoms with Crippen molar-refractivity contribution in [2.24, 2.45) is 0 Å². The van der Waals surface area contributed by atoms with E-state index in [1.807, 2.05) is 6.07 Å². The fraction of sp³-hybridized carbons (Fsp3) is 0.364. The highest BCUT2D eigenvalue weighted by Gasteiger charge is 2.21. The molecule has 0 radical (unpaired) electrons. The summed E-state index contributed by atoms with van der Waals surface area (Å²) >= 11 is 0. The maximum Gasteiger partial charge on any atom is 0.217 e. The molecule has 1 N–H and O–H groups in total. The molecule has 2 heteroatoms. The zero-order valence-corrected chi connectivity index (χ0v) is 7.71. The normalized spacial score (nSPS) is 19.6. The van der Waals surface area contributed by atoms with E-state index in [1.54, 1.807) is 6.92 Å². The minimum atomic E-state index is 0.0571. The van der Waals surface area contributed by atoms with Gasteiger partial charge in [0.25, 0.3) is 0 Å². The van der Waals surface area contributed by atoms with E-state index in [1.165, 1.54) is 11.1 Å². The predicted molar refractivity (Wildman–Crippen MR) is 51.3 cm³/mol. The summed E-state index contributed by atoms with van der Waals surface area (Å²) in [4.78, 5) is 10.9. The Balaban J connectivity index is 2.23. The molecule has 0 aliphatic heterocycles. The molecule has 0 fully saturated rings. The first-order chi connectivity index (χ1) is 6.27. The third-order valence-electron chi connectivity index (χ3n) is 2.51. The molecule has 1 aromatic rings. The van der Waals surface area contributed by atoms with Gasteiger partial charge in [0, 0.05) is 6.92 Å². The summed E-state index contributed by atoms with van der Waals surface area (Å²) in [7, 11) is 0. The minimum Gasteiger partial charge on any atom is -0.350 e. The summed E-state index contributed by atoms with van der Waals surface area (Å²) in [5, 5.41) is 2.96. The van der Waals surface area contributed by atoms with Gasteiger partial charge in [0.05, 0.1) is 6.04 Å². The van der Waals surface area contributed by atoms with Crippen LogP contribution in [0.4, 0.5) is 0 Å². The second kappa shape index (κ2) is 3.21. The van der Waals surface area contributed by atoms with Crippen LogP contribution < -0.4 is 5.32 Å². The highest BCUT2D eigenvalue weighted by atomic mass is 16.1. The number of carbonyl (C=O) groups is 1. The number of hydrogen-bond donors (Lipinski definition) is 1. The third-order valence-corrected chi connectivity index (χ3v) is 2.51. The van der Waals surface area contributed by atoms with Gasteiger partial charge >= 0.3 is 0 Å². The highest BCUT2D eigenvalue weighted by molar-refractivity contribution is 5.73. The summed E-state index contributed by atoms with van der Waals surface area (Å²) in [6.45, 7) is 1.57. The molecule has 0 bridgehead atoms. The van der Waals surface area contributed by atoms with Crippen LogP contribution >= 0.6 is 0 Å². The second-order valence-corrected chi connectivity index (χ2v) is 3.49. The monoisotopic (exact) mass is 175 g/mol. The van der Waals surface area contributed by atoms with Crippen molar-refractivity contribution in [3.05, 3.63) is 35.4 Å². The number of nitrogens with one attached hydrogen (secondary N) is 1. The van der Waals surface area contributed by atoms with Gasteiger partial charge in [-0.05, 0) is 24.0 Å². The molecule has 0 spiro atoms. The zero-order valence-electron chi connectivity index (χ0n) is 7.71. The Morgan fingerprint density at radius 3 is 3.00 bits per heavy atom. The molecule has 0 unspecified atom stereocenters. The topological polar surface area (TPSA) is 29.1 Å². The molecular formula is C11H13NO. The van der Waals surface area contributed by atoms with Crippen molar-refractivity contribution < 1.29 is 4.79 Å². The van der Waals surface area contributed by atoms with E-state index >= 15 is 0 Å². The third kappa shape index (κ3) is 1.57. The maximum atomic E-state index is 10.9. The van der Waals surface area contributed by atoms with Gasteiger partial charge in [-0.2, -0.15) is 0 Å². The fourth-order valence-corrected chi connectivity index (χ4v) is 1.95. The molecule has 2 rings (SSSR count). The Hall–Kier alpha value is -1.31. The number of aryl methyl sites for hydroxylation is 1. The van der Waals surface area contributed by atoms with Crippen molar-refractivity contribution in [2.75, 3.05) is 0 Å². The molecule has 0 aromatic heterocycles. The summed E-state index contributed by atoms with van der Waals surface area (Å²) in [5.74, 6) is 0.0571. The Labute approximate surface area is 78.0 Å². The molecule has 1 aromatic carbocycles. The molecule has 13 heavy (non-hydrogen) atoms. The van der Waals surface area contributed by atoms with Gasteiger partial charge in [0.15, 0.2) is 0 Å². The first-order valence-corrected chi connectivity index (χ1v) is 4.62. The second-order valence-electron chi connectivity index (χ2n) is 3.49. The summed E-state index contributed by atoms with van der Waals surface area (Å²) < 4.78 is 0. The summed E-state index contributed by atoms with van der Waals surface area (Å²) in [5.41, 5.74) is 2.67. The Morgan fingerprint density at radius 1 is 1.46 bits per heavy atom. The molecule has 0 saturated heterocycles. The molecule has 2 nitrogen and oxygen atoms in total. The number of fused-ring (bicyclic) bond motifs is 1. The number of amides is 1. The Kier molecular flexibility index (Phi) is 2.05. The lowest BCUT2D eigenvalue weighted by atomic mass is 10.1. The van der Waals surface area contributed by atoms with Gasteiger partial charge in [-0.3, -0.25) is 4.79 Å². The maximum absolute atomic E-state index is 10.9. The Morgan fingerprint density at radius 2 is 2.23 bits per heavy atom. The van der Waals surface area contributed by atoms with Gasteiger partial charge in [-0.1, -0.05) is 24.3 Å². The summed E-state index contributed by atoms with van der Waals surface area (Å²) in [6.07, 6.45) is 2.13. The SMILES string of the molecule is CC(=O)N[C@@H]1CCc2ccccc21. The predicted octanol–water partition coefficient (Wildman–Crippen LogP) is 1.81. The number of carbonyl (C=O) groups excluding carboxylic acids is 1.